The summed E-state index contributed by atoms with van der Waals surface area (Å²) in [4.78, 5) is 20.0. The first-order chi connectivity index (χ1) is 10.7. The second kappa shape index (κ2) is 5.75. The van der Waals surface area contributed by atoms with E-state index < -0.39 is 0 Å². The van der Waals surface area contributed by atoms with Crippen LogP contribution in [0.25, 0.3) is 0 Å². The van der Waals surface area contributed by atoms with Gasteiger partial charge in [-0.25, -0.2) is 5.06 Å². The molecule has 1 aromatic heterocycles. The zero-order valence-corrected chi connectivity index (χ0v) is 13.4. The van der Waals surface area contributed by atoms with Crippen molar-refractivity contribution in [2.45, 2.75) is 38.4 Å². The molecular formula is C14H20N4O3S. The van der Waals surface area contributed by atoms with Crippen molar-refractivity contribution in [3.8, 4) is 0 Å². The fourth-order valence-electron chi connectivity index (χ4n) is 3.46. The summed E-state index contributed by atoms with van der Waals surface area (Å²) in [6.45, 7) is 5.04. The highest BCUT2D eigenvalue weighted by Crippen LogP contribution is 2.36. The Bertz CT molecular complexity index is 560. The molecule has 0 N–H and O–H groups in total. The minimum atomic E-state index is -0.343. The number of aryl methyl sites for hydroxylation is 1. The maximum absolute atomic E-state index is 12.4. The molecule has 0 saturated carbocycles. The molecule has 3 aliphatic heterocycles. The van der Waals surface area contributed by atoms with Crippen LogP contribution >= 0.6 is 11.3 Å². The molecule has 1 aromatic rings. The predicted octanol–water partition coefficient (Wildman–Crippen LogP) is 0.994. The molecule has 0 unspecified atom stereocenters. The zero-order valence-electron chi connectivity index (χ0n) is 12.6. The van der Waals surface area contributed by atoms with Gasteiger partial charge in [-0.2, -0.15) is 0 Å². The van der Waals surface area contributed by atoms with Crippen LogP contribution < -0.4 is 4.90 Å². The number of piperidine rings is 1. The highest BCUT2D eigenvalue weighted by Gasteiger charge is 2.44. The van der Waals surface area contributed by atoms with Gasteiger partial charge in [0.15, 0.2) is 0 Å². The second-order valence-electron chi connectivity index (χ2n) is 6.12. The summed E-state index contributed by atoms with van der Waals surface area (Å²) in [7, 11) is 0. The average Bonchev–Trinajstić information content (AvgIpc) is 3.25. The number of carbonyl (C=O) groups is 1. The van der Waals surface area contributed by atoms with Crippen molar-refractivity contribution in [3.63, 3.8) is 0 Å². The van der Waals surface area contributed by atoms with Gasteiger partial charge in [-0.15, -0.1) is 10.2 Å². The lowest BCUT2D eigenvalue weighted by Crippen LogP contribution is -2.42. The Hall–Kier alpha value is -1.25. The van der Waals surface area contributed by atoms with E-state index >= 15 is 0 Å². The van der Waals surface area contributed by atoms with Gasteiger partial charge in [0, 0.05) is 13.1 Å². The normalized spacial score (nSPS) is 31.6. The quantitative estimate of drug-likeness (QED) is 0.808. The molecule has 3 saturated heterocycles. The smallest absolute Gasteiger partial charge is 0.275 e. The molecule has 0 radical (unpaired) electrons. The van der Waals surface area contributed by atoms with Crippen LogP contribution in [0.15, 0.2) is 0 Å². The van der Waals surface area contributed by atoms with Crippen molar-refractivity contribution in [2.75, 3.05) is 31.1 Å². The number of hydrogen-bond acceptors (Lipinski definition) is 7. The van der Waals surface area contributed by atoms with E-state index in [1.54, 1.807) is 11.3 Å². The molecule has 8 heteroatoms. The molecule has 120 valence electrons. The molecule has 3 atom stereocenters. The summed E-state index contributed by atoms with van der Waals surface area (Å²) in [6, 6.07) is 0. The summed E-state index contributed by atoms with van der Waals surface area (Å²) in [5, 5.41) is 11.7. The molecule has 4 heterocycles. The number of hydrogen-bond donors (Lipinski definition) is 0. The molecule has 3 fully saturated rings. The van der Waals surface area contributed by atoms with Gasteiger partial charge in [-0.05, 0) is 32.1 Å². The molecule has 7 nitrogen and oxygen atoms in total. The number of fused-ring (bicyclic) bond motifs is 1. The Kier molecular flexibility index (Phi) is 3.75. The van der Waals surface area contributed by atoms with Crippen LogP contribution in [0.1, 0.15) is 24.3 Å². The lowest BCUT2D eigenvalue weighted by Gasteiger charge is -2.33. The van der Waals surface area contributed by atoms with Gasteiger partial charge in [0.25, 0.3) is 5.91 Å². The van der Waals surface area contributed by atoms with E-state index in [4.69, 9.17) is 9.57 Å². The third-order valence-electron chi connectivity index (χ3n) is 4.61. The van der Waals surface area contributed by atoms with Crippen LogP contribution in [0, 0.1) is 12.8 Å². The number of hydroxylamine groups is 2. The van der Waals surface area contributed by atoms with E-state index in [0.29, 0.717) is 19.1 Å². The number of amides is 1. The molecule has 1 amide bonds. The first-order valence-corrected chi connectivity index (χ1v) is 8.67. The van der Waals surface area contributed by atoms with Gasteiger partial charge < -0.3 is 9.64 Å². The molecule has 4 rings (SSSR count). The van der Waals surface area contributed by atoms with E-state index in [1.165, 1.54) is 5.06 Å². The topological polar surface area (TPSA) is 67.8 Å². The fourth-order valence-corrected chi connectivity index (χ4v) is 4.18. The highest BCUT2D eigenvalue weighted by molar-refractivity contribution is 7.15. The van der Waals surface area contributed by atoms with Crippen molar-refractivity contribution in [1.82, 2.24) is 15.3 Å². The van der Waals surface area contributed by atoms with Crippen LogP contribution in [0.2, 0.25) is 0 Å². The summed E-state index contributed by atoms with van der Waals surface area (Å²) in [5.74, 6) is 0.451. The summed E-state index contributed by atoms with van der Waals surface area (Å²) in [6.07, 6.45) is 2.52. The molecule has 0 bridgehead atoms. The minimum absolute atomic E-state index is 0.00907. The third-order valence-corrected chi connectivity index (χ3v) is 5.51. The van der Waals surface area contributed by atoms with Crippen molar-refractivity contribution >= 4 is 22.4 Å². The molecule has 0 spiro atoms. The van der Waals surface area contributed by atoms with Crippen molar-refractivity contribution in [3.05, 3.63) is 5.01 Å². The number of anilines is 1. The van der Waals surface area contributed by atoms with Crippen LogP contribution in [0.5, 0.6) is 0 Å². The van der Waals surface area contributed by atoms with Gasteiger partial charge >= 0.3 is 0 Å². The number of carbonyl (C=O) groups excluding carboxylic acids is 1. The summed E-state index contributed by atoms with van der Waals surface area (Å²) in [5.41, 5.74) is 0. The molecule has 0 aromatic carbocycles. The largest absolute Gasteiger partial charge is 0.363 e. The van der Waals surface area contributed by atoms with Crippen LogP contribution in [-0.2, 0) is 14.4 Å². The maximum atomic E-state index is 12.4. The van der Waals surface area contributed by atoms with Crippen LogP contribution in [-0.4, -0.2) is 59.6 Å². The first-order valence-electron chi connectivity index (χ1n) is 7.85. The lowest BCUT2D eigenvalue weighted by atomic mass is 9.92. The SMILES string of the molecule is Cc1nnc(N2CC[C@@H]3C[C@H](C(=O)N4CCCO4)O[C@H]3C2)s1. The number of ether oxygens (including phenoxy) is 1. The minimum Gasteiger partial charge on any atom is -0.363 e. The van der Waals surface area contributed by atoms with Gasteiger partial charge in [0.05, 0.1) is 19.3 Å². The van der Waals surface area contributed by atoms with Gasteiger partial charge in [0.1, 0.15) is 11.1 Å². The predicted molar refractivity (Wildman–Crippen MR) is 80.5 cm³/mol. The van der Waals surface area contributed by atoms with Crippen molar-refractivity contribution in [2.24, 2.45) is 5.92 Å². The van der Waals surface area contributed by atoms with E-state index in [-0.39, 0.29) is 18.1 Å². The average molecular weight is 324 g/mol. The molecular weight excluding hydrogens is 304 g/mol. The number of rotatable bonds is 2. The van der Waals surface area contributed by atoms with E-state index in [9.17, 15) is 4.79 Å². The number of aromatic nitrogens is 2. The van der Waals surface area contributed by atoms with Gasteiger partial charge in [-0.1, -0.05) is 11.3 Å². The van der Waals surface area contributed by atoms with Gasteiger partial charge in [-0.3, -0.25) is 9.63 Å². The van der Waals surface area contributed by atoms with E-state index in [2.05, 4.69) is 15.1 Å². The lowest BCUT2D eigenvalue weighted by molar-refractivity contribution is -0.180. The highest BCUT2D eigenvalue weighted by atomic mass is 32.1. The Morgan fingerprint density at radius 2 is 2.27 bits per heavy atom. The number of nitrogens with zero attached hydrogens (tertiary/aromatic N) is 4. The first kappa shape index (κ1) is 14.3. The molecule has 3 aliphatic rings. The van der Waals surface area contributed by atoms with Gasteiger partial charge in [0.2, 0.25) is 5.13 Å². The Morgan fingerprint density at radius 1 is 1.36 bits per heavy atom. The summed E-state index contributed by atoms with van der Waals surface area (Å²) < 4.78 is 6.04. The molecule has 0 aliphatic carbocycles. The third kappa shape index (κ3) is 2.59. The Balaban J connectivity index is 1.40. The maximum Gasteiger partial charge on any atom is 0.275 e. The Labute approximate surface area is 133 Å². The van der Waals surface area contributed by atoms with E-state index in [0.717, 1.165) is 42.5 Å². The zero-order chi connectivity index (χ0) is 15.1. The van der Waals surface area contributed by atoms with E-state index in [1.807, 2.05) is 6.92 Å². The second-order valence-corrected chi connectivity index (χ2v) is 7.28. The van der Waals surface area contributed by atoms with Crippen molar-refractivity contribution in [1.29, 1.82) is 0 Å². The molecule has 22 heavy (non-hydrogen) atoms. The standard InChI is InChI=1S/C14H20N4O3S/c1-9-15-16-14(22-9)17-5-3-10-7-11(21-12(10)8-17)13(19)18-4-2-6-20-18/h10-12H,2-8H2,1H3/t10-,11-,12+/m1/s1. The van der Waals surface area contributed by atoms with Crippen LogP contribution in [0.3, 0.4) is 0 Å². The monoisotopic (exact) mass is 324 g/mol. The van der Waals surface area contributed by atoms with Crippen LogP contribution in [0.4, 0.5) is 5.13 Å². The van der Waals surface area contributed by atoms with Crippen molar-refractivity contribution < 1.29 is 14.4 Å². The fraction of sp³-hybridized carbons (Fsp3) is 0.786. The summed E-state index contributed by atoms with van der Waals surface area (Å²) >= 11 is 1.61. The Morgan fingerprint density at radius 3 is 3.00 bits per heavy atom.